The van der Waals surface area contributed by atoms with E-state index in [1.54, 1.807) is 12.1 Å². The Hall–Kier alpha value is -1.60. The SMILES string of the molecule is N#CCCCOc1ccc(CCN)cc1F. The maximum Gasteiger partial charge on any atom is 0.165 e. The van der Waals surface area contributed by atoms with Gasteiger partial charge in [0.25, 0.3) is 0 Å². The molecular formula is C12H15FN2O. The third kappa shape index (κ3) is 3.87. The first kappa shape index (κ1) is 12.5. The number of ether oxygens (including phenoxy) is 1. The maximum absolute atomic E-state index is 13.5. The molecule has 0 spiro atoms. The van der Waals surface area contributed by atoms with Crippen molar-refractivity contribution in [2.75, 3.05) is 13.2 Å². The number of hydrogen-bond acceptors (Lipinski definition) is 3. The van der Waals surface area contributed by atoms with Crippen molar-refractivity contribution in [1.82, 2.24) is 0 Å². The largest absolute Gasteiger partial charge is 0.490 e. The number of nitriles is 1. The minimum absolute atomic E-state index is 0.235. The van der Waals surface area contributed by atoms with Crippen LogP contribution in [0.5, 0.6) is 5.75 Å². The third-order valence-corrected chi connectivity index (χ3v) is 2.12. The van der Waals surface area contributed by atoms with Crippen LogP contribution in [0.15, 0.2) is 18.2 Å². The summed E-state index contributed by atoms with van der Waals surface area (Å²) >= 11 is 0. The molecule has 0 bridgehead atoms. The molecule has 1 rings (SSSR count). The molecule has 0 fully saturated rings. The van der Waals surface area contributed by atoms with Gasteiger partial charge in [0.05, 0.1) is 12.7 Å². The highest BCUT2D eigenvalue weighted by Gasteiger charge is 2.04. The van der Waals surface area contributed by atoms with Gasteiger partial charge in [0, 0.05) is 6.42 Å². The molecule has 1 aromatic rings. The quantitative estimate of drug-likeness (QED) is 0.749. The maximum atomic E-state index is 13.5. The summed E-state index contributed by atoms with van der Waals surface area (Å²) in [6.45, 7) is 0.864. The summed E-state index contributed by atoms with van der Waals surface area (Å²) in [5.41, 5.74) is 6.24. The van der Waals surface area contributed by atoms with E-state index in [2.05, 4.69) is 0 Å². The number of rotatable bonds is 6. The Morgan fingerprint density at radius 3 is 2.88 bits per heavy atom. The molecule has 0 radical (unpaired) electrons. The van der Waals surface area contributed by atoms with E-state index in [4.69, 9.17) is 15.7 Å². The third-order valence-electron chi connectivity index (χ3n) is 2.12. The van der Waals surface area contributed by atoms with Crippen LogP contribution in [-0.2, 0) is 6.42 Å². The molecule has 16 heavy (non-hydrogen) atoms. The summed E-state index contributed by atoms with van der Waals surface area (Å²) in [6, 6.07) is 6.85. The zero-order chi connectivity index (χ0) is 11.8. The van der Waals surface area contributed by atoms with Gasteiger partial charge in [0.2, 0.25) is 0 Å². The van der Waals surface area contributed by atoms with Crippen LogP contribution in [0.3, 0.4) is 0 Å². The molecule has 0 atom stereocenters. The number of benzene rings is 1. The zero-order valence-electron chi connectivity index (χ0n) is 9.08. The fourth-order valence-corrected chi connectivity index (χ4v) is 1.32. The van der Waals surface area contributed by atoms with E-state index in [0.29, 0.717) is 32.4 Å². The molecule has 0 aliphatic carbocycles. The highest BCUT2D eigenvalue weighted by Crippen LogP contribution is 2.18. The molecule has 0 aliphatic heterocycles. The molecule has 0 unspecified atom stereocenters. The average molecular weight is 222 g/mol. The van der Waals surface area contributed by atoms with Crippen molar-refractivity contribution in [2.24, 2.45) is 5.73 Å². The first-order valence-electron chi connectivity index (χ1n) is 5.26. The molecule has 0 saturated heterocycles. The van der Waals surface area contributed by atoms with Gasteiger partial charge in [0.1, 0.15) is 0 Å². The molecule has 2 N–H and O–H groups in total. The second kappa shape index (κ2) is 6.81. The van der Waals surface area contributed by atoms with Crippen LogP contribution in [0.4, 0.5) is 4.39 Å². The molecule has 0 saturated carbocycles. The summed E-state index contributed by atoms with van der Waals surface area (Å²) in [6.07, 6.45) is 1.69. The predicted octanol–water partition coefficient (Wildman–Crippen LogP) is 2.01. The van der Waals surface area contributed by atoms with E-state index in [-0.39, 0.29) is 11.6 Å². The monoisotopic (exact) mass is 222 g/mol. The molecule has 86 valence electrons. The Labute approximate surface area is 94.6 Å². The van der Waals surface area contributed by atoms with Crippen molar-refractivity contribution in [1.29, 1.82) is 5.26 Å². The molecular weight excluding hydrogens is 207 g/mol. The smallest absolute Gasteiger partial charge is 0.165 e. The number of nitrogens with zero attached hydrogens (tertiary/aromatic N) is 1. The summed E-state index contributed by atoms with van der Waals surface area (Å²) in [5, 5.41) is 8.32. The summed E-state index contributed by atoms with van der Waals surface area (Å²) in [4.78, 5) is 0. The Morgan fingerprint density at radius 2 is 2.25 bits per heavy atom. The van der Waals surface area contributed by atoms with E-state index in [0.717, 1.165) is 5.56 Å². The molecule has 3 nitrogen and oxygen atoms in total. The van der Waals surface area contributed by atoms with Crippen molar-refractivity contribution >= 4 is 0 Å². The molecule has 1 aromatic carbocycles. The van der Waals surface area contributed by atoms with Crippen molar-refractivity contribution in [3.63, 3.8) is 0 Å². The van der Waals surface area contributed by atoms with Crippen LogP contribution < -0.4 is 10.5 Å². The van der Waals surface area contributed by atoms with Crippen LogP contribution >= 0.6 is 0 Å². The Kier molecular flexibility index (Phi) is 5.30. The Bertz CT molecular complexity index is 374. The zero-order valence-corrected chi connectivity index (χ0v) is 9.08. The van der Waals surface area contributed by atoms with E-state index in [1.165, 1.54) is 6.07 Å². The molecule has 0 amide bonds. The van der Waals surface area contributed by atoms with Gasteiger partial charge >= 0.3 is 0 Å². The predicted molar refractivity (Wildman–Crippen MR) is 59.5 cm³/mol. The topological polar surface area (TPSA) is 59.0 Å². The van der Waals surface area contributed by atoms with Gasteiger partial charge in [-0.15, -0.1) is 0 Å². The lowest BCUT2D eigenvalue weighted by Gasteiger charge is -2.07. The van der Waals surface area contributed by atoms with Crippen LogP contribution in [0.2, 0.25) is 0 Å². The van der Waals surface area contributed by atoms with Crippen molar-refractivity contribution in [3.8, 4) is 11.8 Å². The van der Waals surface area contributed by atoms with Gasteiger partial charge in [0.15, 0.2) is 11.6 Å². The number of halogens is 1. The standard InChI is InChI=1S/C12H15FN2O/c13-11-9-10(5-7-15)3-4-12(11)16-8-2-1-6-14/h3-4,9H,1-2,5,7-8,15H2. The van der Waals surface area contributed by atoms with Gasteiger partial charge in [-0.25, -0.2) is 4.39 Å². The van der Waals surface area contributed by atoms with Crippen LogP contribution in [-0.4, -0.2) is 13.2 Å². The summed E-state index contributed by atoms with van der Waals surface area (Å²) in [5.74, 6) is -0.137. The first-order valence-corrected chi connectivity index (χ1v) is 5.26. The van der Waals surface area contributed by atoms with Crippen LogP contribution in [0, 0.1) is 17.1 Å². The first-order chi connectivity index (χ1) is 7.77. The van der Waals surface area contributed by atoms with E-state index >= 15 is 0 Å². The normalized spacial score (nSPS) is 9.81. The minimum atomic E-state index is -0.372. The average Bonchev–Trinajstić information content (AvgIpc) is 2.27. The van der Waals surface area contributed by atoms with Gasteiger partial charge in [-0.05, 0) is 37.1 Å². The lowest BCUT2D eigenvalue weighted by Crippen LogP contribution is -2.04. The lowest BCUT2D eigenvalue weighted by atomic mass is 10.1. The second-order valence-corrected chi connectivity index (χ2v) is 3.41. The van der Waals surface area contributed by atoms with Gasteiger partial charge in [-0.3, -0.25) is 0 Å². The van der Waals surface area contributed by atoms with E-state index in [1.807, 2.05) is 6.07 Å². The van der Waals surface area contributed by atoms with Crippen molar-refractivity contribution in [3.05, 3.63) is 29.6 Å². The van der Waals surface area contributed by atoms with Crippen molar-refractivity contribution < 1.29 is 9.13 Å². The molecule has 0 heterocycles. The summed E-state index contributed by atoms with van der Waals surface area (Å²) < 4.78 is 18.7. The highest BCUT2D eigenvalue weighted by molar-refractivity contribution is 5.29. The fraction of sp³-hybridized carbons (Fsp3) is 0.417. The Balaban J connectivity index is 2.51. The summed E-state index contributed by atoms with van der Waals surface area (Å²) in [7, 11) is 0. The van der Waals surface area contributed by atoms with Gasteiger partial charge in [-0.2, -0.15) is 5.26 Å². The second-order valence-electron chi connectivity index (χ2n) is 3.41. The number of nitrogens with two attached hydrogens (primary N) is 1. The molecule has 4 heteroatoms. The molecule has 0 aromatic heterocycles. The fourth-order valence-electron chi connectivity index (χ4n) is 1.32. The molecule has 0 aliphatic rings. The number of hydrogen-bond donors (Lipinski definition) is 1. The van der Waals surface area contributed by atoms with E-state index < -0.39 is 0 Å². The van der Waals surface area contributed by atoms with Crippen molar-refractivity contribution in [2.45, 2.75) is 19.3 Å². The van der Waals surface area contributed by atoms with Gasteiger partial charge in [-0.1, -0.05) is 6.07 Å². The van der Waals surface area contributed by atoms with Gasteiger partial charge < -0.3 is 10.5 Å². The minimum Gasteiger partial charge on any atom is -0.490 e. The Morgan fingerprint density at radius 1 is 1.44 bits per heavy atom. The van der Waals surface area contributed by atoms with Crippen LogP contribution in [0.1, 0.15) is 18.4 Å². The number of unbranched alkanes of at least 4 members (excludes halogenated alkanes) is 1. The van der Waals surface area contributed by atoms with E-state index in [9.17, 15) is 4.39 Å². The van der Waals surface area contributed by atoms with Crippen LogP contribution in [0.25, 0.3) is 0 Å². The highest BCUT2D eigenvalue weighted by atomic mass is 19.1. The lowest BCUT2D eigenvalue weighted by molar-refractivity contribution is 0.297.